The van der Waals surface area contributed by atoms with Crippen molar-refractivity contribution in [3.63, 3.8) is 0 Å². The first kappa shape index (κ1) is 11.7. The predicted molar refractivity (Wildman–Crippen MR) is 48.9 cm³/mol. The van der Waals surface area contributed by atoms with E-state index in [2.05, 4.69) is 5.48 Å². The Bertz CT molecular complexity index is 142. The van der Waals surface area contributed by atoms with Crippen LogP contribution >= 0.6 is 11.6 Å². The molecule has 4 heteroatoms. The minimum atomic E-state index is -0.337. The first-order valence-corrected chi connectivity index (χ1v) is 4.52. The van der Waals surface area contributed by atoms with Crippen molar-refractivity contribution in [1.82, 2.24) is 5.48 Å². The first-order chi connectivity index (χ1) is 5.45. The van der Waals surface area contributed by atoms with E-state index < -0.39 is 0 Å². The third-order valence-electron chi connectivity index (χ3n) is 1.01. The number of hydrogen-bond acceptors (Lipinski definition) is 2. The third kappa shape index (κ3) is 7.82. The van der Waals surface area contributed by atoms with Crippen LogP contribution in [0, 0.1) is 0 Å². The number of nitrogens with one attached hydrogen (secondary N) is 1. The average molecular weight is 194 g/mol. The molecule has 0 radical (unpaired) electrons. The van der Waals surface area contributed by atoms with E-state index in [0.29, 0.717) is 18.7 Å². The molecule has 0 unspecified atom stereocenters. The van der Waals surface area contributed by atoms with E-state index in [1.165, 1.54) is 0 Å². The fourth-order valence-electron chi connectivity index (χ4n) is 0.488. The molecule has 72 valence electrons. The van der Waals surface area contributed by atoms with Crippen LogP contribution in [0.2, 0.25) is 0 Å². The molecule has 0 fully saturated rings. The molecule has 0 aliphatic carbocycles. The van der Waals surface area contributed by atoms with Gasteiger partial charge in [0.05, 0.1) is 5.60 Å². The van der Waals surface area contributed by atoms with Crippen molar-refractivity contribution in [2.45, 2.75) is 39.2 Å². The average Bonchev–Trinajstić information content (AvgIpc) is 1.95. The van der Waals surface area contributed by atoms with Crippen LogP contribution in [-0.2, 0) is 9.63 Å². The zero-order chi connectivity index (χ0) is 9.61. The van der Waals surface area contributed by atoms with Crippen molar-refractivity contribution in [3.05, 3.63) is 0 Å². The van der Waals surface area contributed by atoms with Crippen LogP contribution in [0.15, 0.2) is 0 Å². The maximum Gasteiger partial charge on any atom is 0.243 e. The highest BCUT2D eigenvalue weighted by Crippen LogP contribution is 2.03. The number of hydroxylamine groups is 1. The monoisotopic (exact) mass is 193 g/mol. The highest BCUT2D eigenvalue weighted by Gasteiger charge is 2.12. The molecule has 3 nitrogen and oxygen atoms in total. The minimum Gasteiger partial charge on any atom is -0.273 e. The SMILES string of the molecule is CC(C)(C)ONC(=O)CCCCl. The molecule has 0 saturated heterocycles. The fourth-order valence-corrected chi connectivity index (χ4v) is 0.622. The maximum atomic E-state index is 11.0. The summed E-state index contributed by atoms with van der Waals surface area (Å²) in [5.41, 5.74) is 2.02. The van der Waals surface area contributed by atoms with E-state index in [9.17, 15) is 4.79 Å². The number of hydrogen-bond donors (Lipinski definition) is 1. The van der Waals surface area contributed by atoms with E-state index in [1.807, 2.05) is 20.8 Å². The van der Waals surface area contributed by atoms with Crippen LogP contribution < -0.4 is 5.48 Å². The molecule has 1 amide bonds. The van der Waals surface area contributed by atoms with Gasteiger partial charge in [0.25, 0.3) is 0 Å². The molecule has 0 bridgehead atoms. The molecule has 0 aliphatic heterocycles. The number of alkyl halides is 1. The Morgan fingerprint density at radius 3 is 2.50 bits per heavy atom. The molecule has 0 spiro atoms. The van der Waals surface area contributed by atoms with Crippen molar-refractivity contribution in [2.24, 2.45) is 0 Å². The molecular weight excluding hydrogens is 178 g/mol. The normalized spacial score (nSPS) is 11.3. The molecule has 0 rings (SSSR count). The molecule has 12 heavy (non-hydrogen) atoms. The fraction of sp³-hybridized carbons (Fsp3) is 0.875. The lowest BCUT2D eigenvalue weighted by molar-refractivity contribution is -0.145. The lowest BCUT2D eigenvalue weighted by Crippen LogP contribution is -2.33. The van der Waals surface area contributed by atoms with Crippen molar-refractivity contribution in [3.8, 4) is 0 Å². The van der Waals surface area contributed by atoms with Gasteiger partial charge < -0.3 is 0 Å². The van der Waals surface area contributed by atoms with E-state index in [4.69, 9.17) is 16.4 Å². The summed E-state index contributed by atoms with van der Waals surface area (Å²) in [4.78, 5) is 16.0. The summed E-state index contributed by atoms with van der Waals surface area (Å²) in [6, 6.07) is 0. The summed E-state index contributed by atoms with van der Waals surface area (Å²) in [5, 5.41) is 0. The largest absolute Gasteiger partial charge is 0.273 e. The second-order valence-electron chi connectivity index (χ2n) is 3.53. The van der Waals surface area contributed by atoms with Gasteiger partial charge in [0.1, 0.15) is 0 Å². The van der Waals surface area contributed by atoms with Gasteiger partial charge >= 0.3 is 0 Å². The quantitative estimate of drug-likeness (QED) is 0.547. The molecule has 1 N–H and O–H groups in total. The Hall–Kier alpha value is -0.280. The summed E-state index contributed by atoms with van der Waals surface area (Å²) in [6.45, 7) is 5.61. The lowest BCUT2D eigenvalue weighted by atomic mass is 10.2. The number of halogens is 1. The van der Waals surface area contributed by atoms with Gasteiger partial charge in [-0.3, -0.25) is 9.63 Å². The second-order valence-corrected chi connectivity index (χ2v) is 3.91. The Morgan fingerprint density at radius 1 is 1.50 bits per heavy atom. The van der Waals surface area contributed by atoms with Gasteiger partial charge in [-0.15, -0.1) is 11.6 Å². The molecule has 0 aromatic rings. The van der Waals surface area contributed by atoms with E-state index in [-0.39, 0.29) is 11.5 Å². The topological polar surface area (TPSA) is 38.3 Å². The summed E-state index contributed by atoms with van der Waals surface area (Å²) in [6.07, 6.45) is 1.10. The molecule has 0 saturated carbocycles. The van der Waals surface area contributed by atoms with E-state index >= 15 is 0 Å². The third-order valence-corrected chi connectivity index (χ3v) is 1.28. The zero-order valence-electron chi connectivity index (χ0n) is 7.82. The van der Waals surface area contributed by atoms with E-state index in [0.717, 1.165) is 0 Å². The summed E-state index contributed by atoms with van der Waals surface area (Å²) < 4.78 is 0. The van der Waals surface area contributed by atoms with Crippen LogP contribution in [-0.4, -0.2) is 17.4 Å². The number of carbonyl (C=O) groups excluding carboxylic acids is 1. The molecule has 0 aromatic carbocycles. The molecule has 0 aliphatic rings. The molecule has 0 aromatic heterocycles. The minimum absolute atomic E-state index is 0.120. The van der Waals surface area contributed by atoms with Gasteiger partial charge in [0.15, 0.2) is 0 Å². The van der Waals surface area contributed by atoms with Crippen LogP contribution in [0.25, 0.3) is 0 Å². The van der Waals surface area contributed by atoms with Crippen molar-refractivity contribution >= 4 is 17.5 Å². The van der Waals surface area contributed by atoms with Crippen molar-refractivity contribution in [2.75, 3.05) is 5.88 Å². The number of amides is 1. The lowest BCUT2D eigenvalue weighted by Gasteiger charge is -2.18. The van der Waals surface area contributed by atoms with Gasteiger partial charge in [-0.25, -0.2) is 5.48 Å². The Balaban J connectivity index is 3.44. The molecule has 0 atom stereocenters. The van der Waals surface area contributed by atoms with Crippen LogP contribution in [0.1, 0.15) is 33.6 Å². The summed E-state index contributed by atoms with van der Waals surface area (Å²) in [5.74, 6) is 0.383. The zero-order valence-corrected chi connectivity index (χ0v) is 8.57. The summed E-state index contributed by atoms with van der Waals surface area (Å²) in [7, 11) is 0. The highest BCUT2D eigenvalue weighted by atomic mass is 35.5. The number of rotatable bonds is 4. The Morgan fingerprint density at radius 2 is 2.08 bits per heavy atom. The number of carbonyl (C=O) groups is 1. The van der Waals surface area contributed by atoms with Gasteiger partial charge in [-0.05, 0) is 27.2 Å². The van der Waals surface area contributed by atoms with Crippen LogP contribution in [0.4, 0.5) is 0 Å². The Kier molecular flexibility index (Phi) is 5.25. The van der Waals surface area contributed by atoms with Gasteiger partial charge in [0, 0.05) is 12.3 Å². The Labute approximate surface area is 78.4 Å². The van der Waals surface area contributed by atoms with E-state index in [1.54, 1.807) is 0 Å². The summed E-state index contributed by atoms with van der Waals surface area (Å²) >= 11 is 5.41. The second kappa shape index (κ2) is 5.38. The maximum absolute atomic E-state index is 11.0. The van der Waals surface area contributed by atoms with Gasteiger partial charge in [0.2, 0.25) is 5.91 Å². The van der Waals surface area contributed by atoms with Gasteiger partial charge in [-0.2, -0.15) is 0 Å². The smallest absolute Gasteiger partial charge is 0.243 e. The van der Waals surface area contributed by atoms with Gasteiger partial charge in [-0.1, -0.05) is 0 Å². The van der Waals surface area contributed by atoms with Crippen molar-refractivity contribution < 1.29 is 9.63 Å². The molecular formula is C8H16ClNO2. The highest BCUT2D eigenvalue weighted by molar-refractivity contribution is 6.17. The van der Waals surface area contributed by atoms with Crippen molar-refractivity contribution in [1.29, 1.82) is 0 Å². The predicted octanol–water partition coefficient (Wildman–Crippen LogP) is 1.85. The van der Waals surface area contributed by atoms with Crippen LogP contribution in [0.5, 0.6) is 0 Å². The standard InChI is InChI=1S/C8H16ClNO2/c1-8(2,3)12-10-7(11)5-4-6-9/h4-6H2,1-3H3,(H,10,11). The van der Waals surface area contributed by atoms with Crippen LogP contribution in [0.3, 0.4) is 0 Å². The first-order valence-electron chi connectivity index (χ1n) is 3.98. The molecule has 0 heterocycles.